The van der Waals surface area contributed by atoms with Crippen LogP contribution in [0.3, 0.4) is 0 Å². The molecule has 0 unspecified atom stereocenters. The third kappa shape index (κ3) is 1.61. The Morgan fingerprint density at radius 1 is 1.27 bits per heavy atom. The minimum atomic E-state index is 0.350. The lowest BCUT2D eigenvalue weighted by Gasteiger charge is -2.03. The average Bonchev–Trinajstić information content (AvgIpc) is 2.82. The molecule has 2 aromatic rings. The SMILES string of the molecule is N[C@H]1CC[C@@H](c2nc3nccnc3s2)C1. The monoisotopic (exact) mass is 220 g/mol. The van der Waals surface area contributed by atoms with Gasteiger partial charge in [-0.15, -0.1) is 0 Å². The Bertz CT molecular complexity index is 448. The predicted octanol–water partition coefficient (Wildman–Crippen LogP) is 1.68. The number of fused-ring (bicyclic) bond motifs is 1. The van der Waals surface area contributed by atoms with Gasteiger partial charge in [-0.25, -0.2) is 15.0 Å². The van der Waals surface area contributed by atoms with Gasteiger partial charge in [-0.05, 0) is 19.3 Å². The van der Waals surface area contributed by atoms with Crippen molar-refractivity contribution in [3.05, 3.63) is 17.4 Å². The number of hydrogen-bond donors (Lipinski definition) is 1. The van der Waals surface area contributed by atoms with Gasteiger partial charge >= 0.3 is 0 Å². The fourth-order valence-corrected chi connectivity index (χ4v) is 3.12. The second kappa shape index (κ2) is 3.50. The Morgan fingerprint density at radius 3 is 2.87 bits per heavy atom. The van der Waals surface area contributed by atoms with Crippen molar-refractivity contribution in [2.45, 2.75) is 31.2 Å². The molecule has 3 rings (SSSR count). The standard InChI is InChI=1S/C10H12N4S/c11-7-2-1-6(5-7)9-14-8-10(15-9)13-4-3-12-8/h3-4,6-7H,1-2,5,11H2/t6-,7+/m1/s1. The molecule has 0 saturated heterocycles. The second-order valence-electron chi connectivity index (χ2n) is 4.01. The molecule has 78 valence electrons. The first-order valence-electron chi connectivity index (χ1n) is 5.16. The average molecular weight is 220 g/mol. The van der Waals surface area contributed by atoms with Gasteiger partial charge in [-0.3, -0.25) is 0 Å². The lowest BCUT2D eigenvalue weighted by molar-refractivity contribution is 0.672. The summed E-state index contributed by atoms with van der Waals surface area (Å²) >= 11 is 1.66. The van der Waals surface area contributed by atoms with E-state index in [2.05, 4.69) is 15.0 Å². The van der Waals surface area contributed by atoms with Crippen LogP contribution in [0.1, 0.15) is 30.2 Å². The zero-order chi connectivity index (χ0) is 10.3. The molecule has 15 heavy (non-hydrogen) atoms. The van der Waals surface area contributed by atoms with E-state index in [0.717, 1.165) is 34.7 Å². The lowest BCUT2D eigenvalue weighted by Crippen LogP contribution is -2.14. The van der Waals surface area contributed by atoms with Crippen molar-refractivity contribution in [3.8, 4) is 0 Å². The number of nitrogens with zero attached hydrogens (tertiary/aromatic N) is 3. The van der Waals surface area contributed by atoms with Crippen LogP contribution in [0.25, 0.3) is 10.5 Å². The van der Waals surface area contributed by atoms with Crippen LogP contribution in [0.4, 0.5) is 0 Å². The summed E-state index contributed by atoms with van der Waals surface area (Å²) in [6.45, 7) is 0. The minimum absolute atomic E-state index is 0.350. The molecule has 0 aliphatic heterocycles. The van der Waals surface area contributed by atoms with Gasteiger partial charge in [0.1, 0.15) is 5.01 Å². The minimum Gasteiger partial charge on any atom is -0.328 e. The molecule has 1 fully saturated rings. The van der Waals surface area contributed by atoms with Crippen LogP contribution in [0.5, 0.6) is 0 Å². The van der Waals surface area contributed by atoms with Crippen molar-refractivity contribution < 1.29 is 0 Å². The maximum absolute atomic E-state index is 5.90. The smallest absolute Gasteiger partial charge is 0.189 e. The third-order valence-corrected chi connectivity index (χ3v) is 4.00. The third-order valence-electron chi connectivity index (χ3n) is 2.89. The Kier molecular flexibility index (Phi) is 2.14. The van der Waals surface area contributed by atoms with Crippen molar-refractivity contribution in [1.29, 1.82) is 0 Å². The van der Waals surface area contributed by atoms with Crippen LogP contribution in [-0.4, -0.2) is 21.0 Å². The molecule has 5 heteroatoms. The molecule has 1 aliphatic rings. The van der Waals surface area contributed by atoms with Crippen molar-refractivity contribution in [2.24, 2.45) is 5.73 Å². The largest absolute Gasteiger partial charge is 0.328 e. The van der Waals surface area contributed by atoms with E-state index in [0.29, 0.717) is 12.0 Å². The highest BCUT2D eigenvalue weighted by atomic mass is 32.1. The van der Waals surface area contributed by atoms with E-state index >= 15 is 0 Å². The van der Waals surface area contributed by atoms with Gasteiger partial charge in [0, 0.05) is 24.4 Å². The van der Waals surface area contributed by atoms with Gasteiger partial charge in [0.05, 0.1) is 0 Å². The fraction of sp³-hybridized carbons (Fsp3) is 0.500. The van der Waals surface area contributed by atoms with Crippen LogP contribution in [-0.2, 0) is 0 Å². The first-order valence-corrected chi connectivity index (χ1v) is 5.97. The molecular formula is C10H12N4S. The van der Waals surface area contributed by atoms with Gasteiger partial charge in [-0.2, -0.15) is 0 Å². The molecule has 0 bridgehead atoms. The van der Waals surface area contributed by atoms with Crippen LogP contribution in [0.2, 0.25) is 0 Å². The molecule has 0 spiro atoms. The molecule has 2 atom stereocenters. The van der Waals surface area contributed by atoms with E-state index in [9.17, 15) is 0 Å². The fourth-order valence-electron chi connectivity index (χ4n) is 2.11. The molecular weight excluding hydrogens is 208 g/mol. The highest BCUT2D eigenvalue weighted by Gasteiger charge is 2.26. The van der Waals surface area contributed by atoms with Crippen LogP contribution < -0.4 is 5.73 Å². The Balaban J connectivity index is 1.98. The summed E-state index contributed by atoms with van der Waals surface area (Å²) in [6, 6.07) is 0.350. The molecule has 0 radical (unpaired) electrons. The van der Waals surface area contributed by atoms with E-state index < -0.39 is 0 Å². The van der Waals surface area contributed by atoms with Crippen molar-refractivity contribution >= 4 is 21.8 Å². The molecule has 4 nitrogen and oxygen atoms in total. The highest BCUT2D eigenvalue weighted by molar-refractivity contribution is 7.18. The van der Waals surface area contributed by atoms with Crippen LogP contribution >= 0.6 is 11.3 Å². The van der Waals surface area contributed by atoms with Crippen molar-refractivity contribution in [2.75, 3.05) is 0 Å². The van der Waals surface area contributed by atoms with Crippen molar-refractivity contribution in [3.63, 3.8) is 0 Å². The first-order chi connectivity index (χ1) is 7.33. The summed E-state index contributed by atoms with van der Waals surface area (Å²) in [5.41, 5.74) is 6.68. The van der Waals surface area contributed by atoms with Gasteiger partial charge in [-0.1, -0.05) is 11.3 Å². The summed E-state index contributed by atoms with van der Waals surface area (Å²) in [6.07, 6.45) is 6.72. The second-order valence-corrected chi connectivity index (χ2v) is 5.02. The molecule has 0 aromatic carbocycles. The summed E-state index contributed by atoms with van der Waals surface area (Å²) in [5, 5.41) is 1.16. The van der Waals surface area contributed by atoms with Gasteiger partial charge in [0.15, 0.2) is 10.5 Å². The molecule has 2 N–H and O–H groups in total. The number of rotatable bonds is 1. The van der Waals surface area contributed by atoms with Gasteiger partial charge in [0.2, 0.25) is 0 Å². The molecule has 2 aromatic heterocycles. The zero-order valence-corrected chi connectivity index (χ0v) is 9.07. The van der Waals surface area contributed by atoms with E-state index in [1.807, 2.05) is 0 Å². The van der Waals surface area contributed by atoms with Gasteiger partial charge in [0.25, 0.3) is 0 Å². The van der Waals surface area contributed by atoms with E-state index in [4.69, 9.17) is 5.73 Å². The molecule has 1 saturated carbocycles. The summed E-state index contributed by atoms with van der Waals surface area (Å²) < 4.78 is 0. The van der Waals surface area contributed by atoms with Gasteiger partial charge < -0.3 is 5.73 Å². The van der Waals surface area contributed by atoms with Crippen molar-refractivity contribution in [1.82, 2.24) is 15.0 Å². The Labute approximate surface area is 91.6 Å². The van der Waals surface area contributed by atoms with E-state index in [1.54, 1.807) is 23.7 Å². The summed E-state index contributed by atoms with van der Waals surface area (Å²) in [5.74, 6) is 0.529. The number of aromatic nitrogens is 3. The summed E-state index contributed by atoms with van der Waals surface area (Å²) in [7, 11) is 0. The topological polar surface area (TPSA) is 64.7 Å². The maximum Gasteiger partial charge on any atom is 0.189 e. The molecule has 2 heterocycles. The van der Waals surface area contributed by atoms with Crippen LogP contribution in [0, 0.1) is 0 Å². The highest BCUT2D eigenvalue weighted by Crippen LogP contribution is 2.36. The zero-order valence-electron chi connectivity index (χ0n) is 8.26. The Morgan fingerprint density at radius 2 is 2.13 bits per heavy atom. The normalized spacial score (nSPS) is 26.2. The van der Waals surface area contributed by atoms with Crippen LogP contribution in [0.15, 0.2) is 12.4 Å². The first kappa shape index (κ1) is 9.18. The number of nitrogens with two attached hydrogens (primary N) is 1. The van der Waals surface area contributed by atoms with E-state index in [1.165, 1.54) is 0 Å². The maximum atomic E-state index is 5.90. The quantitative estimate of drug-likeness (QED) is 0.794. The number of thiazole rings is 1. The molecule has 0 amide bonds. The molecule has 1 aliphatic carbocycles. The predicted molar refractivity (Wildman–Crippen MR) is 59.8 cm³/mol. The lowest BCUT2D eigenvalue weighted by atomic mass is 10.1. The Hall–Kier alpha value is -1.07. The number of hydrogen-bond acceptors (Lipinski definition) is 5. The summed E-state index contributed by atoms with van der Waals surface area (Å²) in [4.78, 5) is 13.9. The van der Waals surface area contributed by atoms with E-state index in [-0.39, 0.29) is 0 Å².